The Bertz CT molecular complexity index is 537. The second-order valence-electron chi connectivity index (χ2n) is 7.29. The Morgan fingerprint density at radius 1 is 1.48 bits per heavy atom. The Morgan fingerprint density at radius 3 is 2.78 bits per heavy atom. The SMILES string of the molecule is CC(C)(C)C(NC(=O)CN1CCCC(C(=O)O)C1)c1cccs1. The molecule has 1 saturated heterocycles. The number of thiophene rings is 1. The number of aliphatic carboxylic acids is 1. The number of nitrogens with zero attached hydrogens (tertiary/aromatic N) is 1. The minimum absolute atomic E-state index is 0.0324. The van der Waals surface area contributed by atoms with Gasteiger partial charge in [0.2, 0.25) is 5.91 Å². The first kappa shape index (κ1) is 17.9. The van der Waals surface area contributed by atoms with Crippen LogP contribution in [0.3, 0.4) is 0 Å². The zero-order valence-electron chi connectivity index (χ0n) is 14.0. The molecule has 2 rings (SSSR count). The summed E-state index contributed by atoms with van der Waals surface area (Å²) in [6, 6.07) is 4.00. The van der Waals surface area contributed by atoms with Crippen LogP contribution in [0.5, 0.6) is 0 Å². The molecule has 128 valence electrons. The Labute approximate surface area is 141 Å². The van der Waals surface area contributed by atoms with Crippen molar-refractivity contribution in [1.29, 1.82) is 0 Å². The number of hydrogen-bond donors (Lipinski definition) is 2. The van der Waals surface area contributed by atoms with Gasteiger partial charge in [-0.25, -0.2) is 0 Å². The van der Waals surface area contributed by atoms with E-state index < -0.39 is 5.97 Å². The average Bonchev–Trinajstić information content (AvgIpc) is 2.97. The fourth-order valence-electron chi connectivity index (χ4n) is 2.98. The van der Waals surface area contributed by atoms with E-state index in [1.54, 1.807) is 11.3 Å². The number of carbonyl (C=O) groups is 2. The molecule has 0 radical (unpaired) electrons. The molecule has 2 heterocycles. The zero-order valence-corrected chi connectivity index (χ0v) is 14.9. The van der Waals surface area contributed by atoms with E-state index in [1.807, 2.05) is 22.4 Å². The lowest BCUT2D eigenvalue weighted by atomic mass is 9.85. The molecule has 0 bridgehead atoms. The van der Waals surface area contributed by atoms with Gasteiger partial charge in [0, 0.05) is 11.4 Å². The predicted molar refractivity (Wildman–Crippen MR) is 91.5 cm³/mol. The van der Waals surface area contributed by atoms with Crippen molar-refractivity contribution in [1.82, 2.24) is 10.2 Å². The molecular formula is C17H26N2O3S. The highest BCUT2D eigenvalue weighted by molar-refractivity contribution is 7.10. The molecule has 1 aliphatic rings. The summed E-state index contributed by atoms with van der Waals surface area (Å²) >= 11 is 1.64. The van der Waals surface area contributed by atoms with E-state index in [2.05, 4.69) is 26.1 Å². The Balaban J connectivity index is 1.96. The topological polar surface area (TPSA) is 69.6 Å². The van der Waals surface area contributed by atoms with Crippen molar-refractivity contribution in [3.05, 3.63) is 22.4 Å². The van der Waals surface area contributed by atoms with E-state index in [0.717, 1.165) is 17.8 Å². The molecule has 1 aromatic rings. The highest BCUT2D eigenvalue weighted by Gasteiger charge is 2.30. The van der Waals surface area contributed by atoms with Gasteiger partial charge in [-0.2, -0.15) is 0 Å². The van der Waals surface area contributed by atoms with Crippen LogP contribution in [0.1, 0.15) is 44.5 Å². The highest BCUT2D eigenvalue weighted by atomic mass is 32.1. The van der Waals surface area contributed by atoms with Gasteiger partial charge in [-0.3, -0.25) is 14.5 Å². The molecule has 0 saturated carbocycles. The van der Waals surface area contributed by atoms with Crippen molar-refractivity contribution in [3.8, 4) is 0 Å². The number of likely N-dealkylation sites (tertiary alicyclic amines) is 1. The van der Waals surface area contributed by atoms with Crippen LogP contribution in [0.25, 0.3) is 0 Å². The normalized spacial score (nSPS) is 20.9. The maximum atomic E-state index is 12.4. The predicted octanol–water partition coefficient (Wildman–Crippen LogP) is 2.75. The number of hydrogen-bond acceptors (Lipinski definition) is 4. The van der Waals surface area contributed by atoms with Gasteiger partial charge in [-0.15, -0.1) is 11.3 Å². The van der Waals surface area contributed by atoms with Crippen LogP contribution in [-0.4, -0.2) is 41.5 Å². The summed E-state index contributed by atoms with van der Waals surface area (Å²) in [6.07, 6.45) is 1.53. The van der Waals surface area contributed by atoms with E-state index in [1.165, 1.54) is 0 Å². The lowest BCUT2D eigenvalue weighted by Crippen LogP contribution is -2.46. The minimum atomic E-state index is -0.763. The third-order valence-electron chi connectivity index (χ3n) is 4.22. The van der Waals surface area contributed by atoms with Gasteiger partial charge in [0.1, 0.15) is 0 Å². The summed E-state index contributed by atoms with van der Waals surface area (Å²) in [6.45, 7) is 7.84. The molecular weight excluding hydrogens is 312 g/mol. The standard InChI is InChI=1S/C17H26N2O3S/c1-17(2,3)15(13-7-5-9-23-13)18-14(20)11-19-8-4-6-12(10-19)16(21)22/h5,7,9,12,15H,4,6,8,10-11H2,1-3H3,(H,18,20)(H,21,22). The number of rotatable bonds is 5. The first-order valence-electron chi connectivity index (χ1n) is 8.05. The second-order valence-corrected chi connectivity index (χ2v) is 8.27. The van der Waals surface area contributed by atoms with Gasteiger partial charge in [0.05, 0.1) is 18.5 Å². The minimum Gasteiger partial charge on any atom is -0.481 e. The lowest BCUT2D eigenvalue weighted by Gasteiger charge is -2.33. The lowest BCUT2D eigenvalue weighted by molar-refractivity contribution is -0.144. The number of carboxylic acid groups (broad SMARTS) is 1. The van der Waals surface area contributed by atoms with Gasteiger partial charge in [0.25, 0.3) is 0 Å². The van der Waals surface area contributed by atoms with Crippen LogP contribution in [0, 0.1) is 11.3 Å². The van der Waals surface area contributed by atoms with Crippen molar-refractivity contribution < 1.29 is 14.7 Å². The van der Waals surface area contributed by atoms with E-state index in [0.29, 0.717) is 13.0 Å². The van der Waals surface area contributed by atoms with Crippen LogP contribution >= 0.6 is 11.3 Å². The third kappa shape index (κ3) is 5.04. The van der Waals surface area contributed by atoms with Gasteiger partial charge in [-0.05, 0) is 36.2 Å². The molecule has 2 atom stereocenters. The summed E-state index contributed by atoms with van der Waals surface area (Å²) in [5.74, 6) is -1.15. The highest BCUT2D eigenvalue weighted by Crippen LogP contribution is 2.35. The number of piperidine rings is 1. The smallest absolute Gasteiger partial charge is 0.307 e. The van der Waals surface area contributed by atoms with E-state index in [4.69, 9.17) is 5.11 Å². The van der Waals surface area contributed by atoms with Crippen LogP contribution in [-0.2, 0) is 9.59 Å². The molecule has 2 unspecified atom stereocenters. The molecule has 0 aromatic carbocycles. The Kier molecular flexibility index (Phi) is 5.81. The molecule has 6 heteroatoms. The van der Waals surface area contributed by atoms with Crippen molar-refractivity contribution in [2.24, 2.45) is 11.3 Å². The summed E-state index contributed by atoms with van der Waals surface area (Å²) in [7, 11) is 0. The largest absolute Gasteiger partial charge is 0.481 e. The van der Waals surface area contributed by atoms with Crippen LogP contribution < -0.4 is 5.32 Å². The van der Waals surface area contributed by atoms with E-state index in [9.17, 15) is 9.59 Å². The summed E-state index contributed by atoms with van der Waals surface area (Å²) in [5, 5.41) is 14.3. The monoisotopic (exact) mass is 338 g/mol. The van der Waals surface area contributed by atoms with Gasteiger partial charge in [-0.1, -0.05) is 26.8 Å². The fourth-order valence-corrected chi connectivity index (χ4v) is 4.00. The van der Waals surface area contributed by atoms with E-state index >= 15 is 0 Å². The second kappa shape index (κ2) is 7.45. The fraction of sp³-hybridized carbons (Fsp3) is 0.647. The van der Waals surface area contributed by atoms with Gasteiger partial charge >= 0.3 is 5.97 Å². The molecule has 0 aliphatic carbocycles. The molecule has 2 N–H and O–H groups in total. The van der Waals surface area contributed by atoms with Crippen LogP contribution in [0.15, 0.2) is 17.5 Å². The van der Waals surface area contributed by atoms with Crippen molar-refractivity contribution in [2.45, 2.75) is 39.7 Å². The zero-order chi connectivity index (χ0) is 17.0. The molecule has 5 nitrogen and oxygen atoms in total. The average molecular weight is 338 g/mol. The quantitative estimate of drug-likeness (QED) is 0.866. The molecule has 23 heavy (non-hydrogen) atoms. The number of amides is 1. The van der Waals surface area contributed by atoms with Crippen LogP contribution in [0.2, 0.25) is 0 Å². The first-order valence-corrected chi connectivity index (χ1v) is 8.93. The van der Waals surface area contributed by atoms with Gasteiger partial charge < -0.3 is 10.4 Å². The summed E-state index contributed by atoms with van der Waals surface area (Å²) < 4.78 is 0. The number of carboxylic acids is 1. The number of nitrogens with one attached hydrogen (secondary N) is 1. The van der Waals surface area contributed by atoms with Crippen molar-refractivity contribution in [2.75, 3.05) is 19.6 Å². The molecule has 0 spiro atoms. The van der Waals surface area contributed by atoms with Crippen molar-refractivity contribution in [3.63, 3.8) is 0 Å². The summed E-state index contributed by atoms with van der Waals surface area (Å²) in [5.41, 5.74) is -0.0774. The molecule has 1 aliphatic heterocycles. The summed E-state index contributed by atoms with van der Waals surface area (Å²) in [4.78, 5) is 26.7. The molecule has 1 aromatic heterocycles. The molecule has 1 amide bonds. The number of carbonyl (C=O) groups excluding carboxylic acids is 1. The van der Waals surface area contributed by atoms with Gasteiger partial charge in [0.15, 0.2) is 0 Å². The van der Waals surface area contributed by atoms with Crippen molar-refractivity contribution >= 4 is 23.2 Å². The first-order chi connectivity index (χ1) is 10.8. The van der Waals surface area contributed by atoms with Crippen LogP contribution in [0.4, 0.5) is 0 Å². The maximum Gasteiger partial charge on any atom is 0.307 e. The molecule has 1 fully saturated rings. The Morgan fingerprint density at radius 2 is 2.22 bits per heavy atom. The third-order valence-corrected chi connectivity index (χ3v) is 5.16. The van der Waals surface area contributed by atoms with E-state index in [-0.39, 0.29) is 29.8 Å². The maximum absolute atomic E-state index is 12.4. The Hall–Kier alpha value is -1.40.